The molecule has 0 amide bonds. The van der Waals surface area contributed by atoms with E-state index in [4.69, 9.17) is 10.6 Å². The van der Waals surface area contributed by atoms with Gasteiger partial charge in [0.1, 0.15) is 6.73 Å². The Kier molecular flexibility index (Phi) is 25.4. The normalized spacial score (nSPS) is 5.00. The summed E-state index contributed by atoms with van der Waals surface area (Å²) in [7, 11) is 0. The molecule has 7 heavy (non-hydrogen) atoms. The van der Waals surface area contributed by atoms with Gasteiger partial charge in [-0.1, -0.05) is 19.0 Å². The van der Waals surface area contributed by atoms with Gasteiger partial charge in [-0.25, -0.2) is 0 Å². The molecule has 1 N–H and O–H groups in total. The summed E-state index contributed by atoms with van der Waals surface area (Å²) in [5.74, 6) is 0. The first-order valence-corrected chi connectivity index (χ1v) is 2.03. The van der Waals surface area contributed by atoms with Crippen LogP contribution in [0.25, 0.3) is 10.4 Å². The van der Waals surface area contributed by atoms with Crippen LogP contribution in [0, 0.1) is 0 Å². The highest BCUT2D eigenvalue weighted by molar-refractivity contribution is 4.33. The predicted octanol–water partition coefficient (Wildman–Crippen LogP) is 1.27. The van der Waals surface area contributed by atoms with E-state index < -0.39 is 6.73 Å². The van der Waals surface area contributed by atoms with Crippen molar-refractivity contribution in [1.29, 1.82) is 0 Å². The fourth-order valence-electron chi connectivity index (χ4n) is 0.0283. The monoisotopic (exact) mass is 103 g/mol. The van der Waals surface area contributed by atoms with E-state index in [1.165, 1.54) is 0 Å². The second-order valence-corrected chi connectivity index (χ2v) is 0.372. The van der Waals surface area contributed by atoms with Crippen molar-refractivity contribution >= 4 is 0 Å². The van der Waals surface area contributed by atoms with Gasteiger partial charge < -0.3 is 5.11 Å². The van der Waals surface area contributed by atoms with Crippen molar-refractivity contribution in [2.75, 3.05) is 6.73 Å². The number of hydrogen-bond donors (Lipinski definition) is 1. The van der Waals surface area contributed by atoms with Crippen LogP contribution in [0.15, 0.2) is 5.11 Å². The molecule has 0 unspecified atom stereocenters. The molecule has 0 aromatic carbocycles. The number of hydrogen-bond acceptors (Lipinski definition) is 2. The molecule has 42 valence electrons. The van der Waals surface area contributed by atoms with Gasteiger partial charge in [0.15, 0.2) is 0 Å². The van der Waals surface area contributed by atoms with Crippen LogP contribution < -0.4 is 0 Å². The maximum Gasteiger partial charge on any atom is 0.122 e. The van der Waals surface area contributed by atoms with E-state index in [1.54, 1.807) is 0 Å². The summed E-state index contributed by atoms with van der Waals surface area (Å²) in [5.41, 5.74) is 7.36. The second kappa shape index (κ2) is 18.6. The smallest absolute Gasteiger partial charge is 0.122 e. The van der Waals surface area contributed by atoms with Crippen molar-refractivity contribution in [2.24, 2.45) is 5.11 Å². The van der Waals surface area contributed by atoms with Gasteiger partial charge in [-0.05, 0) is 5.53 Å². The van der Waals surface area contributed by atoms with Crippen LogP contribution in [-0.4, -0.2) is 11.8 Å². The van der Waals surface area contributed by atoms with Crippen molar-refractivity contribution in [3.05, 3.63) is 10.4 Å². The quantitative estimate of drug-likeness (QED) is 0.303. The first-order valence-electron chi connectivity index (χ1n) is 2.03. The molecular weight excluding hydrogens is 94.1 g/mol. The van der Waals surface area contributed by atoms with Crippen LogP contribution in [-0.2, 0) is 0 Å². The van der Waals surface area contributed by atoms with E-state index in [0.29, 0.717) is 0 Å². The minimum Gasteiger partial charge on any atom is -0.390 e. The zero-order chi connectivity index (χ0) is 6.12. The lowest BCUT2D eigenvalue weighted by Gasteiger charge is -1.59. The molecule has 0 atom stereocenters. The van der Waals surface area contributed by atoms with Gasteiger partial charge in [0, 0.05) is 4.91 Å². The highest BCUT2D eigenvalue weighted by Gasteiger charge is 1.51. The summed E-state index contributed by atoms with van der Waals surface area (Å²) in [6.45, 7) is 3.55. The van der Waals surface area contributed by atoms with Gasteiger partial charge in [0.05, 0.1) is 0 Å². The van der Waals surface area contributed by atoms with Crippen molar-refractivity contribution in [3.63, 3.8) is 0 Å². The third-order valence-electron chi connectivity index (χ3n) is 0.126. The zero-order valence-corrected chi connectivity index (χ0v) is 4.50. The number of aliphatic hydroxyl groups excluding tert-OH is 1. The van der Waals surface area contributed by atoms with Gasteiger partial charge in [-0.3, -0.25) is 0 Å². The molecule has 0 radical (unpaired) electrons. The van der Waals surface area contributed by atoms with Crippen molar-refractivity contribution in [2.45, 2.75) is 13.8 Å². The molecule has 0 heterocycles. The number of nitrogens with zero attached hydrogens (tertiary/aromatic N) is 3. The number of azide groups is 1. The van der Waals surface area contributed by atoms with E-state index in [2.05, 4.69) is 10.0 Å². The molecule has 0 spiro atoms. The first-order chi connectivity index (χ1) is 3.41. The van der Waals surface area contributed by atoms with E-state index in [-0.39, 0.29) is 0 Å². The molecule has 4 nitrogen and oxygen atoms in total. The van der Waals surface area contributed by atoms with Gasteiger partial charge in [0.2, 0.25) is 0 Å². The second-order valence-electron chi connectivity index (χ2n) is 0.372. The van der Waals surface area contributed by atoms with E-state index in [9.17, 15) is 0 Å². The van der Waals surface area contributed by atoms with Crippen molar-refractivity contribution in [1.82, 2.24) is 0 Å². The van der Waals surface area contributed by atoms with Crippen LogP contribution in [0.3, 0.4) is 0 Å². The van der Waals surface area contributed by atoms with Gasteiger partial charge in [-0.15, -0.1) is 0 Å². The van der Waals surface area contributed by atoms with Crippen LogP contribution >= 0.6 is 0 Å². The minimum atomic E-state index is -0.448. The molecular formula is C3H9N3O. The summed E-state index contributed by atoms with van der Waals surface area (Å²) < 4.78 is 0. The van der Waals surface area contributed by atoms with Crippen molar-refractivity contribution in [3.8, 4) is 0 Å². The lowest BCUT2D eigenvalue weighted by molar-refractivity contribution is 0.307. The first kappa shape index (κ1) is 9.55. The van der Waals surface area contributed by atoms with Crippen LogP contribution in [0.1, 0.15) is 13.8 Å². The Morgan fingerprint density at radius 1 is 1.71 bits per heavy atom. The standard InChI is InChI=1S/C2H6.CH3N3O/c1-2;2-4-3-1-5/h1-2H3;5H,1H2. The molecule has 0 fully saturated rings. The molecule has 0 aliphatic rings. The molecule has 0 aromatic rings. The largest absolute Gasteiger partial charge is 0.390 e. The molecule has 0 bridgehead atoms. The summed E-state index contributed by atoms with van der Waals surface area (Å²) in [6.07, 6.45) is 0. The zero-order valence-electron chi connectivity index (χ0n) is 4.50. The van der Waals surface area contributed by atoms with Crippen LogP contribution in [0.2, 0.25) is 0 Å². The summed E-state index contributed by atoms with van der Waals surface area (Å²) >= 11 is 0. The van der Waals surface area contributed by atoms with Gasteiger partial charge >= 0.3 is 0 Å². The lowest BCUT2D eigenvalue weighted by atomic mass is 11.0. The maximum absolute atomic E-state index is 7.65. The van der Waals surface area contributed by atoms with E-state index in [1.807, 2.05) is 13.8 Å². The molecule has 0 aliphatic heterocycles. The third kappa shape index (κ3) is 34.9. The average Bonchev–Trinajstić information content (AvgIpc) is 1.75. The van der Waals surface area contributed by atoms with E-state index in [0.717, 1.165) is 0 Å². The summed E-state index contributed by atoms with van der Waals surface area (Å²) in [5, 5.41) is 10.4. The third-order valence-corrected chi connectivity index (χ3v) is 0.126. The molecule has 0 aliphatic carbocycles. The van der Waals surface area contributed by atoms with Crippen LogP contribution in [0.4, 0.5) is 0 Å². The Hall–Kier alpha value is -0.730. The average molecular weight is 103 g/mol. The number of rotatable bonds is 1. The molecule has 0 aromatic heterocycles. The highest BCUT2D eigenvalue weighted by Crippen LogP contribution is 1.57. The number of aliphatic hydroxyl groups is 1. The molecule has 0 saturated heterocycles. The Morgan fingerprint density at radius 2 is 2.14 bits per heavy atom. The SMILES string of the molecule is CC.[N-]=[N+]=NCO. The topological polar surface area (TPSA) is 69.0 Å². The lowest BCUT2D eigenvalue weighted by Crippen LogP contribution is -1.62. The molecule has 0 rings (SSSR count). The molecule has 0 saturated carbocycles. The fraction of sp³-hybridized carbons (Fsp3) is 1.00. The Morgan fingerprint density at radius 3 is 2.14 bits per heavy atom. The molecule has 4 heteroatoms. The Bertz CT molecular complexity index is 57.2. The predicted molar refractivity (Wildman–Crippen MR) is 27.6 cm³/mol. The minimum absolute atomic E-state index is 0.448. The summed E-state index contributed by atoms with van der Waals surface area (Å²) in [6, 6.07) is 0. The Labute approximate surface area is 42.4 Å². The van der Waals surface area contributed by atoms with E-state index >= 15 is 0 Å². The maximum atomic E-state index is 7.65. The van der Waals surface area contributed by atoms with Gasteiger partial charge in [0.25, 0.3) is 0 Å². The van der Waals surface area contributed by atoms with Crippen molar-refractivity contribution < 1.29 is 5.11 Å². The highest BCUT2D eigenvalue weighted by atomic mass is 16.3. The summed E-state index contributed by atoms with van der Waals surface area (Å²) in [4.78, 5) is 2.23. The Balaban J connectivity index is 0. The van der Waals surface area contributed by atoms with Crippen LogP contribution in [0.5, 0.6) is 0 Å². The van der Waals surface area contributed by atoms with Gasteiger partial charge in [-0.2, -0.15) is 0 Å². The fourth-order valence-corrected chi connectivity index (χ4v) is 0.0283.